The maximum Gasteiger partial charge on any atom is 0.265 e. The third-order valence-corrected chi connectivity index (χ3v) is 4.16. The summed E-state index contributed by atoms with van der Waals surface area (Å²) in [5, 5.41) is 3.01. The average Bonchev–Trinajstić information content (AvgIpc) is 2.66. The van der Waals surface area contributed by atoms with E-state index in [0.717, 1.165) is 32.9 Å². The van der Waals surface area contributed by atoms with Crippen LogP contribution in [0.4, 0.5) is 0 Å². The van der Waals surface area contributed by atoms with E-state index in [-0.39, 0.29) is 5.91 Å². The van der Waals surface area contributed by atoms with Gasteiger partial charge in [-0.25, -0.2) is 10.8 Å². The smallest absolute Gasteiger partial charge is 0.265 e. The van der Waals surface area contributed by atoms with E-state index >= 15 is 0 Å². The number of nitrogens with one attached hydrogen (secondary N) is 1. The van der Waals surface area contributed by atoms with E-state index in [1.807, 2.05) is 48.5 Å². The number of hydrogen-bond acceptors (Lipinski definition) is 3. The minimum absolute atomic E-state index is 0.324. The third-order valence-electron chi connectivity index (χ3n) is 4.16. The fraction of sp³-hybridized carbons (Fsp3) is 0. The molecule has 0 spiro atoms. The molecule has 0 radical (unpaired) electrons. The number of fused-ring (bicyclic) bond motifs is 2. The van der Waals surface area contributed by atoms with E-state index in [0.29, 0.717) is 5.56 Å². The average molecular weight is 313 g/mol. The Morgan fingerprint density at radius 3 is 2.42 bits per heavy atom. The molecule has 3 N–H and O–H groups in total. The van der Waals surface area contributed by atoms with Gasteiger partial charge in [0.2, 0.25) is 0 Å². The number of nitrogens with zero attached hydrogens (tertiary/aromatic N) is 1. The van der Waals surface area contributed by atoms with Crippen molar-refractivity contribution >= 4 is 27.6 Å². The zero-order valence-electron chi connectivity index (χ0n) is 12.9. The van der Waals surface area contributed by atoms with Crippen LogP contribution in [-0.4, -0.2) is 10.9 Å². The number of hydrogen-bond donors (Lipinski definition) is 2. The van der Waals surface area contributed by atoms with Crippen LogP contribution in [0.3, 0.4) is 0 Å². The molecule has 24 heavy (non-hydrogen) atoms. The van der Waals surface area contributed by atoms with Gasteiger partial charge in [-0.2, -0.15) is 0 Å². The first-order valence-electron chi connectivity index (χ1n) is 7.67. The maximum absolute atomic E-state index is 12.2. The highest BCUT2D eigenvalue weighted by molar-refractivity contribution is 6.08. The number of para-hydroxylation sites is 1. The summed E-state index contributed by atoms with van der Waals surface area (Å²) in [6.45, 7) is 0. The summed E-state index contributed by atoms with van der Waals surface area (Å²) in [5.41, 5.74) is 5.25. The highest BCUT2D eigenvalue weighted by Crippen LogP contribution is 2.30. The Kier molecular flexibility index (Phi) is 3.44. The quantitative estimate of drug-likeness (QED) is 0.337. The molecule has 0 aliphatic heterocycles. The fourth-order valence-electron chi connectivity index (χ4n) is 3.03. The number of benzene rings is 3. The number of hydrazine groups is 1. The second-order valence-corrected chi connectivity index (χ2v) is 5.57. The molecule has 116 valence electrons. The van der Waals surface area contributed by atoms with Gasteiger partial charge in [0.1, 0.15) is 0 Å². The van der Waals surface area contributed by atoms with Gasteiger partial charge in [-0.1, -0.05) is 60.7 Å². The summed E-state index contributed by atoms with van der Waals surface area (Å²) in [5.74, 6) is 5.03. The number of amides is 1. The number of rotatable bonds is 2. The Morgan fingerprint density at radius 1 is 0.875 bits per heavy atom. The Labute approximate surface area is 138 Å². The number of pyridine rings is 1. The van der Waals surface area contributed by atoms with Crippen molar-refractivity contribution in [2.75, 3.05) is 0 Å². The molecule has 0 bridgehead atoms. The Bertz CT molecular complexity index is 1070. The van der Waals surface area contributed by atoms with Crippen LogP contribution in [0.1, 0.15) is 10.4 Å². The van der Waals surface area contributed by atoms with Gasteiger partial charge in [0.15, 0.2) is 0 Å². The first kappa shape index (κ1) is 14.4. The summed E-state index contributed by atoms with van der Waals surface area (Å²) < 4.78 is 0. The molecule has 4 nitrogen and oxygen atoms in total. The molecule has 0 atom stereocenters. The maximum atomic E-state index is 12.2. The van der Waals surface area contributed by atoms with Gasteiger partial charge in [-0.3, -0.25) is 10.2 Å². The lowest BCUT2D eigenvalue weighted by Crippen LogP contribution is -2.30. The topological polar surface area (TPSA) is 68.0 Å². The normalized spacial score (nSPS) is 10.9. The lowest BCUT2D eigenvalue weighted by Gasteiger charge is -2.11. The summed E-state index contributed by atoms with van der Waals surface area (Å²) in [7, 11) is 0. The SMILES string of the molecule is NNC(=O)c1cc(-c2cccc3ccccc23)nc2ccccc12. The number of carbonyl (C=O) groups excluding carboxylic acids is 1. The van der Waals surface area contributed by atoms with E-state index in [2.05, 4.69) is 23.6 Å². The molecule has 0 fully saturated rings. The lowest BCUT2D eigenvalue weighted by molar-refractivity contribution is 0.0955. The molecule has 0 saturated carbocycles. The van der Waals surface area contributed by atoms with E-state index < -0.39 is 0 Å². The number of nitrogens with two attached hydrogens (primary N) is 1. The molecule has 1 aromatic heterocycles. The van der Waals surface area contributed by atoms with E-state index in [4.69, 9.17) is 10.8 Å². The molecular formula is C20H15N3O. The van der Waals surface area contributed by atoms with Gasteiger partial charge in [-0.15, -0.1) is 0 Å². The van der Waals surface area contributed by atoms with Crippen molar-refractivity contribution < 1.29 is 4.79 Å². The van der Waals surface area contributed by atoms with Crippen LogP contribution in [0.15, 0.2) is 72.8 Å². The van der Waals surface area contributed by atoms with Crippen molar-refractivity contribution in [3.05, 3.63) is 78.4 Å². The standard InChI is InChI=1S/C20H15N3O/c21-23-20(24)17-12-19(22-18-11-4-3-9-16(17)18)15-10-5-7-13-6-1-2-8-14(13)15/h1-12H,21H2,(H,23,24). The second-order valence-electron chi connectivity index (χ2n) is 5.57. The monoisotopic (exact) mass is 313 g/mol. The van der Waals surface area contributed by atoms with Gasteiger partial charge >= 0.3 is 0 Å². The predicted octanol–water partition coefficient (Wildman–Crippen LogP) is 3.66. The summed E-state index contributed by atoms with van der Waals surface area (Å²) in [6, 6.07) is 23.6. The van der Waals surface area contributed by atoms with Crippen LogP contribution in [0.2, 0.25) is 0 Å². The van der Waals surface area contributed by atoms with Crippen LogP contribution in [0, 0.1) is 0 Å². The number of carbonyl (C=O) groups is 1. The molecule has 0 aliphatic rings. The predicted molar refractivity (Wildman–Crippen MR) is 96.3 cm³/mol. The van der Waals surface area contributed by atoms with Crippen molar-refractivity contribution in [3.8, 4) is 11.3 Å². The van der Waals surface area contributed by atoms with E-state index in [1.54, 1.807) is 6.07 Å². The Morgan fingerprint density at radius 2 is 1.58 bits per heavy atom. The second kappa shape index (κ2) is 5.76. The Hall–Kier alpha value is -3.24. The number of aromatic nitrogens is 1. The highest BCUT2D eigenvalue weighted by Gasteiger charge is 2.14. The molecule has 0 aliphatic carbocycles. The van der Waals surface area contributed by atoms with Crippen LogP contribution in [-0.2, 0) is 0 Å². The summed E-state index contributed by atoms with van der Waals surface area (Å²) in [6.07, 6.45) is 0. The molecule has 4 rings (SSSR count). The van der Waals surface area contributed by atoms with Crippen LogP contribution in [0.25, 0.3) is 32.9 Å². The summed E-state index contributed by atoms with van der Waals surface area (Å²) in [4.78, 5) is 17.0. The number of nitrogen functional groups attached to an aromatic ring is 1. The van der Waals surface area contributed by atoms with Crippen molar-refractivity contribution in [1.29, 1.82) is 0 Å². The van der Waals surface area contributed by atoms with Gasteiger partial charge in [0.05, 0.1) is 16.8 Å². The summed E-state index contributed by atoms with van der Waals surface area (Å²) >= 11 is 0. The molecular weight excluding hydrogens is 298 g/mol. The Balaban J connectivity index is 2.05. The molecule has 3 aromatic carbocycles. The first-order chi connectivity index (χ1) is 11.8. The van der Waals surface area contributed by atoms with Crippen molar-refractivity contribution in [2.45, 2.75) is 0 Å². The molecule has 1 amide bonds. The van der Waals surface area contributed by atoms with Crippen molar-refractivity contribution in [3.63, 3.8) is 0 Å². The van der Waals surface area contributed by atoms with E-state index in [9.17, 15) is 4.79 Å². The molecule has 1 heterocycles. The molecule has 4 aromatic rings. The molecule has 4 heteroatoms. The van der Waals surface area contributed by atoms with Gasteiger partial charge in [-0.05, 0) is 22.9 Å². The largest absolute Gasteiger partial charge is 0.290 e. The zero-order chi connectivity index (χ0) is 16.5. The minimum atomic E-state index is -0.324. The van der Waals surface area contributed by atoms with E-state index in [1.165, 1.54) is 0 Å². The molecule has 0 saturated heterocycles. The van der Waals surface area contributed by atoms with Crippen molar-refractivity contribution in [1.82, 2.24) is 10.4 Å². The fourth-order valence-corrected chi connectivity index (χ4v) is 3.03. The van der Waals surface area contributed by atoms with Crippen LogP contribution in [0.5, 0.6) is 0 Å². The van der Waals surface area contributed by atoms with Gasteiger partial charge in [0.25, 0.3) is 5.91 Å². The zero-order valence-corrected chi connectivity index (χ0v) is 12.9. The first-order valence-corrected chi connectivity index (χ1v) is 7.67. The van der Waals surface area contributed by atoms with Gasteiger partial charge < -0.3 is 0 Å². The highest BCUT2D eigenvalue weighted by atomic mass is 16.2. The van der Waals surface area contributed by atoms with Crippen LogP contribution >= 0.6 is 0 Å². The minimum Gasteiger partial charge on any atom is -0.290 e. The van der Waals surface area contributed by atoms with Gasteiger partial charge in [0, 0.05) is 10.9 Å². The molecule has 0 unspecified atom stereocenters. The third kappa shape index (κ3) is 2.30. The van der Waals surface area contributed by atoms with Crippen LogP contribution < -0.4 is 11.3 Å². The van der Waals surface area contributed by atoms with Crippen molar-refractivity contribution in [2.24, 2.45) is 5.84 Å². The lowest BCUT2D eigenvalue weighted by atomic mass is 9.99.